The van der Waals surface area contributed by atoms with Crippen LogP contribution < -0.4 is 4.74 Å². The zero-order chi connectivity index (χ0) is 21.9. The van der Waals surface area contributed by atoms with E-state index in [1.807, 2.05) is 18.2 Å². The largest absolute Gasteiger partial charge is 0.494 e. The molecule has 1 saturated carbocycles. The molecular formula is C27H33N3O2. The summed E-state index contributed by atoms with van der Waals surface area (Å²) >= 11 is 0. The highest BCUT2D eigenvalue weighted by Gasteiger charge is 2.38. The van der Waals surface area contributed by atoms with E-state index in [9.17, 15) is 4.79 Å². The predicted octanol–water partition coefficient (Wildman–Crippen LogP) is 5.46. The highest BCUT2D eigenvalue weighted by atomic mass is 16.5. The maximum atomic E-state index is 12.8. The van der Waals surface area contributed by atoms with E-state index in [4.69, 9.17) is 9.72 Å². The lowest BCUT2D eigenvalue weighted by Crippen LogP contribution is -2.34. The lowest BCUT2D eigenvalue weighted by molar-refractivity contribution is -0.129. The van der Waals surface area contributed by atoms with Gasteiger partial charge in [0.25, 0.3) is 0 Å². The Balaban J connectivity index is 1.26. The number of carbonyl (C=O) groups is 1. The third-order valence-corrected chi connectivity index (χ3v) is 7.01. The molecule has 1 aromatic heterocycles. The third-order valence-electron chi connectivity index (χ3n) is 7.01. The third kappa shape index (κ3) is 4.38. The van der Waals surface area contributed by atoms with E-state index < -0.39 is 0 Å². The number of likely N-dealkylation sites (tertiary alicyclic amines) is 1. The Bertz CT molecular complexity index is 1080. The van der Waals surface area contributed by atoms with Crippen molar-refractivity contribution in [2.75, 3.05) is 13.2 Å². The van der Waals surface area contributed by atoms with Gasteiger partial charge in [0.05, 0.1) is 17.6 Å². The second-order valence-electron chi connectivity index (χ2n) is 9.37. The number of aryl methyl sites for hydroxylation is 2. The molecule has 1 amide bonds. The average molecular weight is 432 g/mol. The van der Waals surface area contributed by atoms with Crippen LogP contribution in [0.2, 0.25) is 0 Å². The summed E-state index contributed by atoms with van der Waals surface area (Å²) in [4.78, 5) is 20.0. The van der Waals surface area contributed by atoms with E-state index in [0.29, 0.717) is 25.0 Å². The summed E-state index contributed by atoms with van der Waals surface area (Å²) in [5, 5.41) is 0. The molecule has 5 heteroatoms. The van der Waals surface area contributed by atoms with Gasteiger partial charge in [-0.3, -0.25) is 4.79 Å². The van der Waals surface area contributed by atoms with Crippen LogP contribution in [0.1, 0.15) is 62.3 Å². The van der Waals surface area contributed by atoms with Gasteiger partial charge in [-0.15, -0.1) is 0 Å². The standard InChI is InChI=1S/C27H33N3O2/c1-20-9-8-12-23(17-20)32-16-7-6-15-29-25-14-5-4-13-24(25)28-27(29)21-18-26(31)30(19-21)22-10-2-3-11-22/h4-5,8-9,12-14,17,21-22H,2-3,6-7,10-11,15-16,18-19H2,1H3. The van der Waals surface area contributed by atoms with Gasteiger partial charge >= 0.3 is 0 Å². The van der Waals surface area contributed by atoms with Crippen LogP contribution in [-0.2, 0) is 11.3 Å². The molecule has 0 N–H and O–H groups in total. The van der Waals surface area contributed by atoms with Gasteiger partial charge in [0.2, 0.25) is 5.91 Å². The van der Waals surface area contributed by atoms with Crippen LogP contribution in [0.3, 0.4) is 0 Å². The molecule has 1 atom stereocenters. The van der Waals surface area contributed by atoms with Crippen LogP contribution >= 0.6 is 0 Å². The molecule has 1 unspecified atom stereocenters. The minimum atomic E-state index is 0.194. The van der Waals surface area contributed by atoms with Gasteiger partial charge in [0.1, 0.15) is 11.6 Å². The molecule has 32 heavy (non-hydrogen) atoms. The van der Waals surface area contributed by atoms with E-state index >= 15 is 0 Å². The SMILES string of the molecule is Cc1cccc(OCCCCn2c(C3CC(=O)N(C4CCCC4)C3)nc3ccccc32)c1. The highest BCUT2D eigenvalue weighted by molar-refractivity contribution is 5.81. The van der Waals surface area contributed by atoms with E-state index in [1.54, 1.807) is 0 Å². The van der Waals surface area contributed by atoms with Crippen molar-refractivity contribution in [3.8, 4) is 5.75 Å². The fourth-order valence-corrected chi connectivity index (χ4v) is 5.38. The minimum Gasteiger partial charge on any atom is -0.494 e. The van der Waals surface area contributed by atoms with E-state index in [2.05, 4.69) is 46.7 Å². The number of aromatic nitrogens is 2. The summed E-state index contributed by atoms with van der Waals surface area (Å²) in [5.41, 5.74) is 3.42. The number of nitrogens with zero attached hydrogens (tertiary/aromatic N) is 3. The Labute approximate surface area is 190 Å². The summed E-state index contributed by atoms with van der Waals surface area (Å²) in [6.45, 7) is 4.52. The lowest BCUT2D eigenvalue weighted by Gasteiger charge is -2.24. The van der Waals surface area contributed by atoms with Gasteiger partial charge < -0.3 is 14.2 Å². The van der Waals surface area contributed by atoms with Crippen molar-refractivity contribution in [3.05, 3.63) is 59.9 Å². The monoisotopic (exact) mass is 431 g/mol. The number of imidazole rings is 1. The van der Waals surface area contributed by atoms with Crippen LogP contribution in [0.15, 0.2) is 48.5 Å². The first-order chi connectivity index (χ1) is 15.7. The molecule has 0 radical (unpaired) electrons. The number of fused-ring (bicyclic) bond motifs is 1. The topological polar surface area (TPSA) is 47.4 Å². The molecule has 1 saturated heterocycles. The first-order valence-corrected chi connectivity index (χ1v) is 12.1. The maximum absolute atomic E-state index is 12.8. The van der Waals surface area contributed by atoms with Gasteiger partial charge in [-0.2, -0.15) is 0 Å². The van der Waals surface area contributed by atoms with Gasteiger partial charge in [0, 0.05) is 31.5 Å². The van der Waals surface area contributed by atoms with E-state index in [1.165, 1.54) is 23.9 Å². The molecule has 3 aromatic rings. The molecule has 2 aromatic carbocycles. The summed E-state index contributed by atoms with van der Waals surface area (Å²) in [6.07, 6.45) is 7.43. The highest BCUT2D eigenvalue weighted by Crippen LogP contribution is 2.35. The van der Waals surface area contributed by atoms with Crippen molar-refractivity contribution >= 4 is 16.9 Å². The molecule has 5 rings (SSSR count). The van der Waals surface area contributed by atoms with Crippen LogP contribution in [0.25, 0.3) is 11.0 Å². The van der Waals surface area contributed by atoms with Crippen LogP contribution in [0, 0.1) is 6.92 Å². The van der Waals surface area contributed by atoms with Gasteiger partial charge in [-0.25, -0.2) is 4.98 Å². The van der Waals surface area contributed by atoms with Gasteiger partial charge in [-0.05, 0) is 62.4 Å². The normalized spacial score (nSPS) is 19.3. The molecule has 1 aliphatic carbocycles. The minimum absolute atomic E-state index is 0.194. The van der Waals surface area contributed by atoms with E-state index in [0.717, 1.165) is 55.9 Å². The summed E-state index contributed by atoms with van der Waals surface area (Å²) in [7, 11) is 0. The Hall–Kier alpha value is -2.82. The Kier molecular flexibility index (Phi) is 6.15. The zero-order valence-corrected chi connectivity index (χ0v) is 19.0. The quantitative estimate of drug-likeness (QED) is 0.445. The van der Waals surface area contributed by atoms with Crippen LogP contribution in [-0.4, -0.2) is 39.6 Å². The molecular weight excluding hydrogens is 398 g/mol. The number of ether oxygens (including phenoxy) is 1. The molecule has 2 heterocycles. The smallest absolute Gasteiger partial charge is 0.223 e. The molecule has 0 bridgehead atoms. The van der Waals surface area contributed by atoms with Gasteiger partial charge in [-0.1, -0.05) is 37.1 Å². The summed E-state index contributed by atoms with van der Waals surface area (Å²) < 4.78 is 8.29. The first kappa shape index (κ1) is 21.0. The van der Waals surface area contributed by atoms with Crippen molar-refractivity contribution in [3.63, 3.8) is 0 Å². The molecule has 2 aliphatic rings. The number of amides is 1. The molecule has 0 spiro atoms. The summed E-state index contributed by atoms with van der Waals surface area (Å²) in [6, 6.07) is 17.0. The maximum Gasteiger partial charge on any atom is 0.223 e. The first-order valence-electron chi connectivity index (χ1n) is 12.1. The Morgan fingerprint density at radius 1 is 1.06 bits per heavy atom. The fourth-order valence-electron chi connectivity index (χ4n) is 5.38. The van der Waals surface area contributed by atoms with Crippen molar-refractivity contribution in [1.82, 2.24) is 14.5 Å². The number of hydrogen-bond acceptors (Lipinski definition) is 3. The predicted molar refractivity (Wildman–Crippen MR) is 127 cm³/mol. The molecule has 2 fully saturated rings. The number of rotatable bonds is 8. The second-order valence-corrected chi connectivity index (χ2v) is 9.37. The number of para-hydroxylation sites is 2. The number of carbonyl (C=O) groups excluding carboxylic acids is 1. The van der Waals surface area contributed by atoms with Crippen LogP contribution in [0.5, 0.6) is 5.75 Å². The van der Waals surface area contributed by atoms with Gasteiger partial charge in [0.15, 0.2) is 0 Å². The fraction of sp³-hybridized carbons (Fsp3) is 0.481. The van der Waals surface area contributed by atoms with Crippen LogP contribution in [0.4, 0.5) is 0 Å². The number of hydrogen-bond donors (Lipinski definition) is 0. The number of unbranched alkanes of at least 4 members (excludes halogenated alkanes) is 1. The lowest BCUT2D eigenvalue weighted by atomic mass is 10.1. The Morgan fingerprint density at radius 2 is 1.91 bits per heavy atom. The van der Waals surface area contributed by atoms with Crippen molar-refractivity contribution in [2.24, 2.45) is 0 Å². The van der Waals surface area contributed by atoms with E-state index in [-0.39, 0.29) is 5.92 Å². The van der Waals surface area contributed by atoms with Crippen molar-refractivity contribution < 1.29 is 9.53 Å². The second kappa shape index (κ2) is 9.35. The summed E-state index contributed by atoms with van der Waals surface area (Å²) in [5.74, 6) is 2.53. The van der Waals surface area contributed by atoms with Crippen molar-refractivity contribution in [2.45, 2.75) is 70.4 Å². The number of benzene rings is 2. The molecule has 168 valence electrons. The molecule has 5 nitrogen and oxygen atoms in total. The van der Waals surface area contributed by atoms with Crippen molar-refractivity contribution in [1.29, 1.82) is 0 Å². The molecule has 1 aliphatic heterocycles. The Morgan fingerprint density at radius 3 is 2.75 bits per heavy atom. The average Bonchev–Trinajstić information content (AvgIpc) is 3.52. The zero-order valence-electron chi connectivity index (χ0n) is 19.0.